The third-order valence-corrected chi connectivity index (χ3v) is 3.91. The van der Waals surface area contributed by atoms with E-state index >= 15 is 0 Å². The Bertz CT molecular complexity index is 577. The van der Waals surface area contributed by atoms with Gasteiger partial charge in [-0.15, -0.1) is 0 Å². The SMILES string of the molecule is Cn1nccc1CCNC1CCc2c(F)cccc21. The number of hydrogen-bond acceptors (Lipinski definition) is 2. The van der Waals surface area contributed by atoms with Crippen molar-refractivity contribution >= 4 is 0 Å². The fourth-order valence-corrected chi connectivity index (χ4v) is 2.84. The largest absolute Gasteiger partial charge is 0.310 e. The molecular weight excluding hydrogens is 241 g/mol. The van der Waals surface area contributed by atoms with Crippen molar-refractivity contribution in [2.24, 2.45) is 7.05 Å². The average molecular weight is 259 g/mol. The maximum Gasteiger partial charge on any atom is 0.126 e. The molecule has 0 bridgehead atoms. The molecule has 0 spiro atoms. The molecule has 0 saturated heterocycles. The Morgan fingerprint density at radius 1 is 1.42 bits per heavy atom. The quantitative estimate of drug-likeness (QED) is 0.913. The van der Waals surface area contributed by atoms with Crippen molar-refractivity contribution in [2.75, 3.05) is 6.54 Å². The van der Waals surface area contributed by atoms with Crippen molar-refractivity contribution in [1.82, 2.24) is 15.1 Å². The van der Waals surface area contributed by atoms with Gasteiger partial charge in [0.25, 0.3) is 0 Å². The normalized spacial score (nSPS) is 17.7. The topological polar surface area (TPSA) is 29.9 Å². The predicted octanol–water partition coefficient (Wildman–Crippen LogP) is 2.38. The lowest BCUT2D eigenvalue weighted by molar-refractivity contribution is 0.526. The predicted molar refractivity (Wildman–Crippen MR) is 72.4 cm³/mol. The van der Waals surface area contributed by atoms with E-state index in [0.29, 0.717) is 6.04 Å². The molecule has 1 heterocycles. The Morgan fingerprint density at radius 2 is 2.32 bits per heavy atom. The first kappa shape index (κ1) is 12.4. The second kappa shape index (κ2) is 5.13. The third kappa shape index (κ3) is 2.40. The van der Waals surface area contributed by atoms with Gasteiger partial charge in [0, 0.05) is 37.9 Å². The molecule has 3 rings (SSSR count). The molecule has 1 aromatic carbocycles. The summed E-state index contributed by atoms with van der Waals surface area (Å²) in [6.45, 7) is 0.889. The van der Waals surface area contributed by atoms with Crippen molar-refractivity contribution in [3.8, 4) is 0 Å². The molecule has 0 radical (unpaired) electrons. The number of nitrogens with zero attached hydrogens (tertiary/aromatic N) is 2. The molecule has 100 valence electrons. The van der Waals surface area contributed by atoms with E-state index in [-0.39, 0.29) is 5.82 Å². The Balaban J connectivity index is 1.61. The van der Waals surface area contributed by atoms with Crippen LogP contribution in [0.25, 0.3) is 0 Å². The molecule has 0 aliphatic heterocycles. The third-order valence-electron chi connectivity index (χ3n) is 3.91. The molecule has 1 unspecified atom stereocenters. The van der Waals surface area contributed by atoms with Gasteiger partial charge in [-0.05, 0) is 36.1 Å². The number of fused-ring (bicyclic) bond motifs is 1. The Labute approximate surface area is 112 Å². The summed E-state index contributed by atoms with van der Waals surface area (Å²) < 4.78 is 15.5. The van der Waals surface area contributed by atoms with Crippen molar-refractivity contribution in [2.45, 2.75) is 25.3 Å². The molecule has 2 aromatic rings. The van der Waals surface area contributed by atoms with E-state index in [1.54, 1.807) is 12.1 Å². The summed E-state index contributed by atoms with van der Waals surface area (Å²) in [5.74, 6) is -0.0616. The van der Waals surface area contributed by atoms with Crippen molar-refractivity contribution < 1.29 is 4.39 Å². The lowest BCUT2D eigenvalue weighted by Crippen LogP contribution is -2.22. The molecular formula is C15H18FN3. The number of halogens is 1. The second-order valence-corrected chi connectivity index (χ2v) is 5.05. The highest BCUT2D eigenvalue weighted by atomic mass is 19.1. The van der Waals surface area contributed by atoms with Gasteiger partial charge in [-0.3, -0.25) is 4.68 Å². The van der Waals surface area contributed by atoms with Crippen LogP contribution in [0.3, 0.4) is 0 Å². The molecule has 1 N–H and O–H groups in total. The van der Waals surface area contributed by atoms with Crippen LogP contribution in [0.15, 0.2) is 30.5 Å². The summed E-state index contributed by atoms with van der Waals surface area (Å²) in [7, 11) is 1.95. The van der Waals surface area contributed by atoms with E-state index in [1.807, 2.05) is 30.1 Å². The van der Waals surface area contributed by atoms with E-state index in [1.165, 1.54) is 5.69 Å². The molecule has 1 aliphatic carbocycles. The van der Waals surface area contributed by atoms with E-state index < -0.39 is 0 Å². The van der Waals surface area contributed by atoms with Gasteiger partial charge in [-0.2, -0.15) is 5.10 Å². The average Bonchev–Trinajstić information content (AvgIpc) is 2.98. The first-order valence-electron chi connectivity index (χ1n) is 6.73. The van der Waals surface area contributed by atoms with Gasteiger partial charge >= 0.3 is 0 Å². The Morgan fingerprint density at radius 3 is 3.11 bits per heavy atom. The van der Waals surface area contributed by atoms with Crippen LogP contribution in [0.5, 0.6) is 0 Å². The van der Waals surface area contributed by atoms with Crippen molar-refractivity contribution in [3.63, 3.8) is 0 Å². The molecule has 0 fully saturated rings. The standard InChI is InChI=1S/C15H18FN3/c1-19-11(8-10-18-19)7-9-17-15-6-5-12-13(15)3-2-4-14(12)16/h2-4,8,10,15,17H,5-7,9H2,1H3. The molecule has 19 heavy (non-hydrogen) atoms. The van der Waals surface area contributed by atoms with Crippen LogP contribution in [0, 0.1) is 5.82 Å². The van der Waals surface area contributed by atoms with Gasteiger partial charge < -0.3 is 5.32 Å². The maximum absolute atomic E-state index is 13.6. The monoisotopic (exact) mass is 259 g/mol. The Hall–Kier alpha value is -1.68. The summed E-state index contributed by atoms with van der Waals surface area (Å²) >= 11 is 0. The number of hydrogen-bond donors (Lipinski definition) is 1. The number of aryl methyl sites for hydroxylation is 1. The fourth-order valence-electron chi connectivity index (χ4n) is 2.84. The van der Waals surface area contributed by atoms with Gasteiger partial charge in [-0.25, -0.2) is 4.39 Å². The van der Waals surface area contributed by atoms with Crippen molar-refractivity contribution in [1.29, 1.82) is 0 Å². The highest BCUT2D eigenvalue weighted by molar-refractivity contribution is 5.35. The first-order valence-corrected chi connectivity index (χ1v) is 6.73. The summed E-state index contributed by atoms with van der Waals surface area (Å²) in [5.41, 5.74) is 3.23. The number of benzene rings is 1. The zero-order valence-corrected chi connectivity index (χ0v) is 11.1. The molecule has 0 amide bonds. The molecule has 1 aliphatic rings. The number of aromatic nitrogens is 2. The first-order chi connectivity index (χ1) is 9.25. The summed E-state index contributed by atoms with van der Waals surface area (Å²) in [5, 5.41) is 7.68. The van der Waals surface area contributed by atoms with E-state index in [4.69, 9.17) is 0 Å². The van der Waals surface area contributed by atoms with Gasteiger partial charge in [0.1, 0.15) is 5.82 Å². The Kier molecular flexibility index (Phi) is 3.34. The van der Waals surface area contributed by atoms with Crippen LogP contribution >= 0.6 is 0 Å². The molecule has 0 saturated carbocycles. The molecule has 4 heteroatoms. The van der Waals surface area contributed by atoms with E-state index in [2.05, 4.69) is 10.4 Å². The summed E-state index contributed by atoms with van der Waals surface area (Å²) in [6.07, 6.45) is 4.58. The molecule has 1 atom stereocenters. The smallest absolute Gasteiger partial charge is 0.126 e. The maximum atomic E-state index is 13.6. The zero-order chi connectivity index (χ0) is 13.2. The van der Waals surface area contributed by atoms with Crippen LogP contribution in [0.2, 0.25) is 0 Å². The van der Waals surface area contributed by atoms with Crippen LogP contribution in [-0.2, 0) is 19.9 Å². The molecule has 3 nitrogen and oxygen atoms in total. The van der Waals surface area contributed by atoms with E-state index in [9.17, 15) is 4.39 Å². The second-order valence-electron chi connectivity index (χ2n) is 5.05. The van der Waals surface area contributed by atoms with E-state index in [0.717, 1.165) is 36.9 Å². The van der Waals surface area contributed by atoms with Crippen LogP contribution in [0.4, 0.5) is 4.39 Å². The lowest BCUT2D eigenvalue weighted by Gasteiger charge is -2.14. The minimum Gasteiger partial charge on any atom is -0.310 e. The molecule has 1 aromatic heterocycles. The van der Waals surface area contributed by atoms with Gasteiger partial charge in [0.05, 0.1) is 0 Å². The summed E-state index contributed by atoms with van der Waals surface area (Å²) in [4.78, 5) is 0. The zero-order valence-electron chi connectivity index (χ0n) is 11.1. The highest BCUT2D eigenvalue weighted by Gasteiger charge is 2.23. The van der Waals surface area contributed by atoms with Crippen molar-refractivity contribution in [3.05, 3.63) is 53.1 Å². The van der Waals surface area contributed by atoms with Gasteiger partial charge in [0.2, 0.25) is 0 Å². The van der Waals surface area contributed by atoms with Crippen LogP contribution in [0.1, 0.15) is 29.3 Å². The van der Waals surface area contributed by atoms with Crippen LogP contribution < -0.4 is 5.32 Å². The van der Waals surface area contributed by atoms with Crippen LogP contribution in [-0.4, -0.2) is 16.3 Å². The van der Waals surface area contributed by atoms with Gasteiger partial charge in [-0.1, -0.05) is 12.1 Å². The number of rotatable bonds is 4. The summed E-state index contributed by atoms with van der Waals surface area (Å²) in [6, 6.07) is 7.71. The number of nitrogens with one attached hydrogen (secondary N) is 1. The minimum absolute atomic E-state index is 0.0616. The minimum atomic E-state index is -0.0616. The lowest BCUT2D eigenvalue weighted by atomic mass is 10.1. The highest BCUT2D eigenvalue weighted by Crippen LogP contribution is 2.32. The van der Waals surface area contributed by atoms with Gasteiger partial charge in [0.15, 0.2) is 0 Å². The fraction of sp³-hybridized carbons (Fsp3) is 0.400.